The fourth-order valence-corrected chi connectivity index (χ4v) is 4.48. The first kappa shape index (κ1) is 28.8. The Bertz CT molecular complexity index is 379. The molecule has 0 amide bonds. The lowest BCUT2D eigenvalue weighted by Crippen LogP contribution is -2.42. The number of rotatable bonds is 22. The number of unbranched alkanes of at least 4 members (excludes halogenated alkanes) is 17. The van der Waals surface area contributed by atoms with Gasteiger partial charge < -0.3 is 24.8 Å². The van der Waals surface area contributed by atoms with Crippen LogP contribution in [0.1, 0.15) is 122 Å². The number of hydrogen-bond donors (Lipinski definition) is 3. The van der Waals surface area contributed by atoms with Gasteiger partial charge in [-0.25, -0.2) is 0 Å². The van der Waals surface area contributed by atoms with E-state index in [1.54, 1.807) is 0 Å². The molecule has 0 aromatic heterocycles. The Kier molecular flexibility index (Phi) is 19.0. The van der Waals surface area contributed by atoms with Gasteiger partial charge in [-0.15, -0.1) is 0 Å². The summed E-state index contributed by atoms with van der Waals surface area (Å²) in [5, 5.41) is 28.7. The van der Waals surface area contributed by atoms with Crippen LogP contribution in [0.2, 0.25) is 0 Å². The first-order valence-corrected chi connectivity index (χ1v) is 13.4. The predicted molar refractivity (Wildman–Crippen MR) is 127 cm³/mol. The number of aliphatic hydroxyl groups is 3. The van der Waals surface area contributed by atoms with Gasteiger partial charge in [0.05, 0.1) is 13.2 Å². The zero-order chi connectivity index (χ0) is 22.6. The molecule has 0 bridgehead atoms. The molecule has 1 saturated heterocycles. The van der Waals surface area contributed by atoms with Gasteiger partial charge in [0.25, 0.3) is 0 Å². The smallest absolute Gasteiger partial charge is 0.114 e. The first-order chi connectivity index (χ1) is 15.2. The molecule has 4 atom stereocenters. The standard InChI is InChI=1S/C26H52O5/c1-2-3-4-5-6-7-8-9-10-11-12-13-14-15-16-17-18-19-20-30-26-24(29)22-31-25(26)23(28)21-27/h23-29H,2-22H2,1H3/t23-,24+,25+,26+/m1/s1. The molecule has 0 aromatic rings. The van der Waals surface area contributed by atoms with Crippen LogP contribution in [0.3, 0.4) is 0 Å². The third-order valence-electron chi connectivity index (χ3n) is 6.54. The summed E-state index contributed by atoms with van der Waals surface area (Å²) in [6.45, 7) is 2.63. The summed E-state index contributed by atoms with van der Waals surface area (Å²) in [5.74, 6) is 0. The Hall–Kier alpha value is -0.200. The molecule has 5 nitrogen and oxygen atoms in total. The minimum atomic E-state index is -0.998. The van der Waals surface area contributed by atoms with Crippen molar-refractivity contribution in [3.63, 3.8) is 0 Å². The maximum atomic E-state index is 9.91. The van der Waals surface area contributed by atoms with Gasteiger partial charge in [-0.3, -0.25) is 0 Å². The molecule has 5 heteroatoms. The van der Waals surface area contributed by atoms with Gasteiger partial charge in [0, 0.05) is 6.61 Å². The molecule has 0 unspecified atom stereocenters. The van der Waals surface area contributed by atoms with Crippen LogP contribution in [-0.2, 0) is 9.47 Å². The van der Waals surface area contributed by atoms with E-state index in [1.165, 1.54) is 103 Å². The van der Waals surface area contributed by atoms with E-state index in [0.29, 0.717) is 6.61 Å². The van der Waals surface area contributed by atoms with Crippen molar-refractivity contribution < 1.29 is 24.8 Å². The van der Waals surface area contributed by atoms with Gasteiger partial charge in [0.2, 0.25) is 0 Å². The summed E-state index contributed by atoms with van der Waals surface area (Å²) in [4.78, 5) is 0. The predicted octanol–water partition coefficient (Wildman–Crippen LogP) is 5.53. The Morgan fingerprint density at radius 3 is 1.58 bits per heavy atom. The second kappa shape index (κ2) is 20.4. The van der Waals surface area contributed by atoms with Crippen LogP contribution in [0.4, 0.5) is 0 Å². The maximum Gasteiger partial charge on any atom is 0.114 e. The molecule has 186 valence electrons. The van der Waals surface area contributed by atoms with Gasteiger partial charge in [-0.2, -0.15) is 0 Å². The molecule has 0 radical (unpaired) electrons. The highest BCUT2D eigenvalue weighted by atomic mass is 16.6. The van der Waals surface area contributed by atoms with Gasteiger partial charge in [0.1, 0.15) is 24.4 Å². The monoisotopic (exact) mass is 444 g/mol. The van der Waals surface area contributed by atoms with E-state index in [1.807, 2.05) is 0 Å². The third-order valence-corrected chi connectivity index (χ3v) is 6.54. The molecular formula is C26H52O5. The van der Waals surface area contributed by atoms with Crippen LogP contribution in [0.25, 0.3) is 0 Å². The quantitative estimate of drug-likeness (QED) is 0.191. The largest absolute Gasteiger partial charge is 0.394 e. The van der Waals surface area contributed by atoms with Gasteiger partial charge in [-0.1, -0.05) is 116 Å². The van der Waals surface area contributed by atoms with Crippen molar-refractivity contribution in [3.05, 3.63) is 0 Å². The molecule has 3 N–H and O–H groups in total. The second-order valence-electron chi connectivity index (χ2n) is 9.46. The summed E-state index contributed by atoms with van der Waals surface area (Å²) in [6, 6.07) is 0. The highest BCUT2D eigenvalue weighted by molar-refractivity contribution is 4.89. The molecule has 1 aliphatic rings. The van der Waals surface area contributed by atoms with Crippen molar-refractivity contribution in [1.29, 1.82) is 0 Å². The van der Waals surface area contributed by atoms with Crippen molar-refractivity contribution in [2.45, 2.75) is 147 Å². The van der Waals surface area contributed by atoms with Crippen LogP contribution >= 0.6 is 0 Å². The van der Waals surface area contributed by atoms with Crippen LogP contribution in [0.5, 0.6) is 0 Å². The summed E-state index contributed by atoms with van der Waals surface area (Å²) in [6.07, 6.45) is 21.4. The minimum absolute atomic E-state index is 0.158. The maximum absolute atomic E-state index is 9.91. The molecule has 0 aromatic carbocycles. The molecule has 0 aliphatic carbocycles. The normalized spacial score (nSPS) is 22.3. The Balaban J connectivity index is 1.79. The molecule has 1 heterocycles. The average molecular weight is 445 g/mol. The lowest BCUT2D eigenvalue weighted by molar-refractivity contribution is -0.0938. The first-order valence-electron chi connectivity index (χ1n) is 13.4. The van der Waals surface area contributed by atoms with Gasteiger partial charge in [0.15, 0.2) is 0 Å². The lowest BCUT2D eigenvalue weighted by Gasteiger charge is -2.23. The van der Waals surface area contributed by atoms with Crippen LogP contribution in [0, 0.1) is 0 Å². The van der Waals surface area contributed by atoms with E-state index < -0.39 is 24.4 Å². The Morgan fingerprint density at radius 1 is 0.742 bits per heavy atom. The fourth-order valence-electron chi connectivity index (χ4n) is 4.48. The zero-order valence-corrected chi connectivity index (χ0v) is 20.3. The molecule has 31 heavy (non-hydrogen) atoms. The van der Waals surface area contributed by atoms with E-state index in [2.05, 4.69) is 6.92 Å². The van der Waals surface area contributed by atoms with Crippen molar-refractivity contribution in [2.24, 2.45) is 0 Å². The van der Waals surface area contributed by atoms with Gasteiger partial charge in [-0.05, 0) is 6.42 Å². The minimum Gasteiger partial charge on any atom is -0.394 e. The molecule has 1 aliphatic heterocycles. The van der Waals surface area contributed by atoms with Crippen molar-refractivity contribution >= 4 is 0 Å². The highest BCUT2D eigenvalue weighted by Gasteiger charge is 2.40. The van der Waals surface area contributed by atoms with Crippen LogP contribution in [-0.4, -0.2) is 59.6 Å². The number of aliphatic hydroxyl groups excluding tert-OH is 3. The van der Waals surface area contributed by atoms with E-state index in [9.17, 15) is 10.2 Å². The molecule has 1 rings (SSSR count). The Morgan fingerprint density at radius 2 is 1.16 bits per heavy atom. The van der Waals surface area contributed by atoms with E-state index in [0.717, 1.165) is 12.8 Å². The Labute approximate surface area is 191 Å². The number of ether oxygens (including phenoxy) is 2. The summed E-state index contributed by atoms with van der Waals surface area (Å²) in [7, 11) is 0. The average Bonchev–Trinajstić information content (AvgIpc) is 3.15. The molecule has 0 saturated carbocycles. The van der Waals surface area contributed by atoms with E-state index >= 15 is 0 Å². The van der Waals surface area contributed by atoms with Gasteiger partial charge >= 0.3 is 0 Å². The van der Waals surface area contributed by atoms with Crippen molar-refractivity contribution in [3.8, 4) is 0 Å². The fraction of sp³-hybridized carbons (Fsp3) is 1.00. The molecular weight excluding hydrogens is 392 g/mol. The topological polar surface area (TPSA) is 79.2 Å². The summed E-state index contributed by atoms with van der Waals surface area (Å²) in [5.41, 5.74) is 0. The number of hydrogen-bond acceptors (Lipinski definition) is 5. The summed E-state index contributed by atoms with van der Waals surface area (Å²) < 4.78 is 11.1. The third kappa shape index (κ3) is 14.5. The van der Waals surface area contributed by atoms with E-state index in [-0.39, 0.29) is 13.2 Å². The van der Waals surface area contributed by atoms with Crippen molar-refractivity contribution in [2.75, 3.05) is 19.8 Å². The van der Waals surface area contributed by atoms with Crippen LogP contribution < -0.4 is 0 Å². The summed E-state index contributed by atoms with van der Waals surface area (Å²) >= 11 is 0. The van der Waals surface area contributed by atoms with Crippen molar-refractivity contribution in [1.82, 2.24) is 0 Å². The second-order valence-corrected chi connectivity index (χ2v) is 9.46. The highest BCUT2D eigenvalue weighted by Crippen LogP contribution is 2.21. The molecule has 0 spiro atoms. The van der Waals surface area contributed by atoms with Crippen LogP contribution in [0.15, 0.2) is 0 Å². The SMILES string of the molecule is CCCCCCCCCCCCCCCCCCCCO[C@@H]1[C@H]([C@H](O)CO)OC[C@@H]1O. The zero-order valence-electron chi connectivity index (χ0n) is 20.3. The molecule has 1 fully saturated rings. The van der Waals surface area contributed by atoms with E-state index in [4.69, 9.17) is 14.6 Å². The lowest BCUT2D eigenvalue weighted by atomic mass is 10.0.